The van der Waals surface area contributed by atoms with E-state index in [-0.39, 0.29) is 23.8 Å². The molecule has 0 saturated carbocycles. The lowest BCUT2D eigenvalue weighted by molar-refractivity contribution is -0.142. The van der Waals surface area contributed by atoms with Crippen LogP contribution in [0.25, 0.3) is 0 Å². The van der Waals surface area contributed by atoms with Crippen LogP contribution in [0.1, 0.15) is 36.8 Å². The lowest BCUT2D eigenvalue weighted by Gasteiger charge is -2.35. The molecule has 2 saturated heterocycles. The molecule has 3 rings (SSSR count). The van der Waals surface area contributed by atoms with Crippen LogP contribution in [0.2, 0.25) is 0 Å². The maximum Gasteiger partial charge on any atom is 0.229 e. The minimum atomic E-state index is -0.0560. The van der Waals surface area contributed by atoms with E-state index in [1.807, 2.05) is 36.1 Å². The Labute approximate surface area is 136 Å². The van der Waals surface area contributed by atoms with Crippen molar-refractivity contribution in [2.75, 3.05) is 13.1 Å². The van der Waals surface area contributed by atoms with Gasteiger partial charge in [-0.05, 0) is 25.3 Å². The predicted octanol–water partition coefficient (Wildman–Crippen LogP) is 1.68. The number of imide groups is 1. The number of piperidine rings is 1. The summed E-state index contributed by atoms with van der Waals surface area (Å²) in [5, 5.41) is 0. The maximum atomic E-state index is 12.4. The first-order valence-electron chi connectivity index (χ1n) is 8.23. The fourth-order valence-corrected chi connectivity index (χ4v) is 3.48. The minimum Gasteiger partial charge on any atom is -0.342 e. The van der Waals surface area contributed by atoms with Gasteiger partial charge in [0.15, 0.2) is 0 Å². The SMILES string of the molecule is Cc1cccc(CC(=O)N2CCC(N3C(=O)CCC3=O)CC2)c1. The summed E-state index contributed by atoms with van der Waals surface area (Å²) in [5.74, 6) is 0.00667. The Kier molecular flexibility index (Phi) is 4.46. The number of benzene rings is 1. The van der Waals surface area contributed by atoms with Crippen LogP contribution >= 0.6 is 0 Å². The number of rotatable bonds is 3. The fraction of sp³-hybridized carbons (Fsp3) is 0.500. The second-order valence-electron chi connectivity index (χ2n) is 6.44. The summed E-state index contributed by atoms with van der Waals surface area (Å²) in [7, 11) is 0. The molecule has 122 valence electrons. The summed E-state index contributed by atoms with van der Waals surface area (Å²) in [6.07, 6.45) is 2.47. The van der Waals surface area contributed by atoms with Crippen molar-refractivity contribution in [3.63, 3.8) is 0 Å². The summed E-state index contributed by atoms with van der Waals surface area (Å²) >= 11 is 0. The summed E-state index contributed by atoms with van der Waals surface area (Å²) in [5.41, 5.74) is 2.18. The van der Waals surface area contributed by atoms with E-state index in [1.165, 1.54) is 4.90 Å². The molecule has 2 heterocycles. The van der Waals surface area contributed by atoms with E-state index in [0.717, 1.165) is 11.1 Å². The molecular formula is C18H22N2O3. The first kappa shape index (κ1) is 15.7. The molecule has 0 spiro atoms. The highest BCUT2D eigenvalue weighted by atomic mass is 16.2. The minimum absolute atomic E-state index is 0.0273. The van der Waals surface area contributed by atoms with Gasteiger partial charge in [-0.25, -0.2) is 0 Å². The highest BCUT2D eigenvalue weighted by Gasteiger charge is 2.37. The van der Waals surface area contributed by atoms with E-state index in [1.54, 1.807) is 0 Å². The van der Waals surface area contributed by atoms with Crippen LogP contribution in [0.5, 0.6) is 0 Å². The molecule has 0 aliphatic carbocycles. The van der Waals surface area contributed by atoms with E-state index < -0.39 is 0 Å². The summed E-state index contributed by atoms with van der Waals surface area (Å²) < 4.78 is 0. The Bertz CT molecular complexity index is 617. The smallest absolute Gasteiger partial charge is 0.229 e. The second-order valence-corrected chi connectivity index (χ2v) is 6.44. The molecule has 1 aromatic carbocycles. The summed E-state index contributed by atoms with van der Waals surface area (Å²) in [4.78, 5) is 39.3. The van der Waals surface area contributed by atoms with E-state index in [0.29, 0.717) is 45.2 Å². The number of carbonyl (C=O) groups is 3. The predicted molar refractivity (Wildman–Crippen MR) is 85.6 cm³/mol. The molecule has 2 aliphatic rings. The molecule has 0 atom stereocenters. The Morgan fingerprint density at radius 2 is 1.78 bits per heavy atom. The van der Waals surface area contributed by atoms with Gasteiger partial charge in [-0.1, -0.05) is 29.8 Å². The molecule has 1 aromatic rings. The molecule has 2 fully saturated rings. The van der Waals surface area contributed by atoms with Gasteiger partial charge in [0, 0.05) is 32.0 Å². The Balaban J connectivity index is 1.55. The van der Waals surface area contributed by atoms with Crippen molar-refractivity contribution in [2.45, 2.75) is 45.1 Å². The summed E-state index contributed by atoms with van der Waals surface area (Å²) in [6.45, 7) is 3.25. The standard InChI is InChI=1S/C18H22N2O3/c1-13-3-2-4-14(11-13)12-18(23)19-9-7-15(8-10-19)20-16(21)5-6-17(20)22/h2-4,11,15H,5-10,12H2,1H3. The maximum absolute atomic E-state index is 12.4. The van der Waals surface area contributed by atoms with Gasteiger partial charge in [-0.3, -0.25) is 19.3 Å². The van der Waals surface area contributed by atoms with Crippen LogP contribution < -0.4 is 0 Å². The molecule has 0 unspecified atom stereocenters. The third-order valence-corrected chi connectivity index (χ3v) is 4.71. The molecule has 5 heteroatoms. The van der Waals surface area contributed by atoms with Crippen LogP contribution in [0, 0.1) is 6.92 Å². The van der Waals surface area contributed by atoms with Crippen molar-refractivity contribution < 1.29 is 14.4 Å². The molecule has 0 aromatic heterocycles. The lowest BCUT2D eigenvalue weighted by Crippen LogP contribution is -2.48. The quantitative estimate of drug-likeness (QED) is 0.798. The van der Waals surface area contributed by atoms with E-state index >= 15 is 0 Å². The molecule has 0 bridgehead atoms. The van der Waals surface area contributed by atoms with Gasteiger partial charge in [0.25, 0.3) is 0 Å². The zero-order chi connectivity index (χ0) is 16.4. The van der Waals surface area contributed by atoms with Gasteiger partial charge in [0.2, 0.25) is 17.7 Å². The highest BCUT2D eigenvalue weighted by Crippen LogP contribution is 2.23. The van der Waals surface area contributed by atoms with Crippen LogP contribution in [-0.2, 0) is 20.8 Å². The zero-order valence-corrected chi connectivity index (χ0v) is 13.5. The Morgan fingerprint density at radius 3 is 2.39 bits per heavy atom. The van der Waals surface area contributed by atoms with Crippen molar-refractivity contribution in [3.05, 3.63) is 35.4 Å². The van der Waals surface area contributed by atoms with Gasteiger partial charge in [0.05, 0.1) is 6.42 Å². The molecule has 3 amide bonds. The van der Waals surface area contributed by atoms with Gasteiger partial charge in [-0.15, -0.1) is 0 Å². The molecule has 0 N–H and O–H groups in total. The van der Waals surface area contributed by atoms with Crippen molar-refractivity contribution >= 4 is 17.7 Å². The summed E-state index contributed by atoms with van der Waals surface area (Å²) in [6, 6.07) is 7.96. The number of amides is 3. The number of nitrogens with zero attached hydrogens (tertiary/aromatic N) is 2. The lowest BCUT2D eigenvalue weighted by atomic mass is 10.0. The van der Waals surface area contributed by atoms with Gasteiger partial charge < -0.3 is 4.90 Å². The third kappa shape index (κ3) is 3.44. The monoisotopic (exact) mass is 314 g/mol. The number of hydrogen-bond acceptors (Lipinski definition) is 3. The van der Waals surface area contributed by atoms with Crippen molar-refractivity contribution in [1.29, 1.82) is 0 Å². The van der Waals surface area contributed by atoms with Crippen molar-refractivity contribution in [2.24, 2.45) is 0 Å². The average Bonchev–Trinajstić information content (AvgIpc) is 2.86. The van der Waals surface area contributed by atoms with Crippen LogP contribution in [0.4, 0.5) is 0 Å². The van der Waals surface area contributed by atoms with Gasteiger partial charge >= 0.3 is 0 Å². The second kappa shape index (κ2) is 6.52. The van der Waals surface area contributed by atoms with Crippen LogP contribution in [-0.4, -0.2) is 46.7 Å². The van der Waals surface area contributed by atoms with E-state index in [9.17, 15) is 14.4 Å². The molecule has 0 radical (unpaired) electrons. The number of hydrogen-bond donors (Lipinski definition) is 0. The molecule has 5 nitrogen and oxygen atoms in total. The fourth-order valence-electron chi connectivity index (χ4n) is 3.48. The highest BCUT2D eigenvalue weighted by molar-refractivity contribution is 6.02. The largest absolute Gasteiger partial charge is 0.342 e. The molecule has 2 aliphatic heterocycles. The van der Waals surface area contributed by atoms with Crippen LogP contribution in [0.15, 0.2) is 24.3 Å². The first-order valence-corrected chi connectivity index (χ1v) is 8.23. The third-order valence-electron chi connectivity index (χ3n) is 4.71. The molecule has 23 heavy (non-hydrogen) atoms. The Morgan fingerprint density at radius 1 is 1.13 bits per heavy atom. The number of aryl methyl sites for hydroxylation is 1. The van der Waals surface area contributed by atoms with Crippen molar-refractivity contribution in [1.82, 2.24) is 9.80 Å². The van der Waals surface area contributed by atoms with Crippen molar-refractivity contribution in [3.8, 4) is 0 Å². The van der Waals surface area contributed by atoms with Gasteiger partial charge in [-0.2, -0.15) is 0 Å². The Hall–Kier alpha value is -2.17. The molecular weight excluding hydrogens is 292 g/mol. The van der Waals surface area contributed by atoms with Crippen LogP contribution in [0.3, 0.4) is 0 Å². The topological polar surface area (TPSA) is 57.7 Å². The zero-order valence-electron chi connectivity index (χ0n) is 13.5. The number of likely N-dealkylation sites (tertiary alicyclic amines) is 2. The van der Waals surface area contributed by atoms with Gasteiger partial charge in [0.1, 0.15) is 0 Å². The normalized spacial score (nSPS) is 19.5. The first-order chi connectivity index (χ1) is 11.0. The average molecular weight is 314 g/mol. The van der Waals surface area contributed by atoms with E-state index in [4.69, 9.17) is 0 Å². The van der Waals surface area contributed by atoms with E-state index in [2.05, 4.69) is 0 Å². The number of carbonyl (C=O) groups excluding carboxylic acids is 3.